The molecule has 3 aliphatic rings. The van der Waals surface area contributed by atoms with Crippen molar-refractivity contribution in [3.8, 4) is 0 Å². The number of rotatable bonds is 2. The van der Waals surface area contributed by atoms with Crippen LogP contribution in [0.15, 0.2) is 0 Å². The summed E-state index contributed by atoms with van der Waals surface area (Å²) in [5.74, 6) is -1.35. The fourth-order valence-corrected chi connectivity index (χ4v) is 3.99. The molecule has 0 N–H and O–H groups in total. The van der Waals surface area contributed by atoms with Crippen molar-refractivity contribution in [2.24, 2.45) is 5.92 Å². The second-order valence-electron chi connectivity index (χ2n) is 4.48. The van der Waals surface area contributed by atoms with Gasteiger partial charge in [0.25, 0.3) is 0 Å². The zero-order valence-corrected chi connectivity index (χ0v) is 11.8. The maximum Gasteiger partial charge on any atom is 0.329 e. The van der Waals surface area contributed by atoms with Gasteiger partial charge in [-0.25, -0.2) is 4.79 Å². The standard InChI is InChI=1S/C11H14BrNO5/c1-4(14)13-8(11(16)17-3)6-7(12)9(13)10(6)18-5(2)15/h6-10H,1-3H3/t6-,7+,8-,9-,10-/m1/s1. The van der Waals surface area contributed by atoms with Crippen LogP contribution < -0.4 is 0 Å². The molecular weight excluding hydrogens is 306 g/mol. The summed E-state index contributed by atoms with van der Waals surface area (Å²) in [4.78, 5) is 35.9. The van der Waals surface area contributed by atoms with Gasteiger partial charge in [0.15, 0.2) is 0 Å². The summed E-state index contributed by atoms with van der Waals surface area (Å²) in [6.45, 7) is 2.70. The monoisotopic (exact) mass is 319 g/mol. The summed E-state index contributed by atoms with van der Waals surface area (Å²) < 4.78 is 9.90. The van der Waals surface area contributed by atoms with Gasteiger partial charge in [0.1, 0.15) is 12.1 Å². The molecule has 2 aliphatic heterocycles. The molecule has 0 spiro atoms. The molecule has 2 heterocycles. The lowest BCUT2D eigenvalue weighted by Crippen LogP contribution is -2.56. The first-order valence-electron chi connectivity index (χ1n) is 5.58. The van der Waals surface area contributed by atoms with Gasteiger partial charge in [-0.1, -0.05) is 15.9 Å². The minimum atomic E-state index is -0.675. The maximum absolute atomic E-state index is 11.8. The minimum Gasteiger partial charge on any atom is -0.467 e. The van der Waals surface area contributed by atoms with E-state index in [0.717, 1.165) is 0 Å². The van der Waals surface area contributed by atoms with Crippen molar-refractivity contribution in [2.75, 3.05) is 7.11 Å². The molecule has 0 aromatic heterocycles. The third kappa shape index (κ3) is 1.72. The smallest absolute Gasteiger partial charge is 0.329 e. The molecule has 0 unspecified atom stereocenters. The lowest BCUT2D eigenvalue weighted by Gasteiger charge is -2.39. The fourth-order valence-electron chi connectivity index (χ4n) is 2.85. The first kappa shape index (κ1) is 13.3. The summed E-state index contributed by atoms with van der Waals surface area (Å²) in [6.07, 6.45) is -0.431. The second kappa shape index (κ2) is 4.53. The van der Waals surface area contributed by atoms with Crippen molar-refractivity contribution in [3.63, 3.8) is 0 Å². The summed E-state index contributed by atoms with van der Waals surface area (Å²) >= 11 is 3.44. The van der Waals surface area contributed by atoms with Gasteiger partial charge in [-0.15, -0.1) is 0 Å². The van der Waals surface area contributed by atoms with Gasteiger partial charge in [-0.2, -0.15) is 0 Å². The molecule has 5 atom stereocenters. The largest absolute Gasteiger partial charge is 0.467 e. The number of carbonyl (C=O) groups excluding carboxylic acids is 3. The highest BCUT2D eigenvalue weighted by molar-refractivity contribution is 9.09. The summed E-state index contributed by atoms with van der Waals surface area (Å²) in [5.41, 5.74) is 0. The Morgan fingerprint density at radius 2 is 1.83 bits per heavy atom. The Kier molecular flexibility index (Phi) is 3.35. The van der Waals surface area contributed by atoms with E-state index in [1.807, 2.05) is 0 Å². The van der Waals surface area contributed by atoms with Crippen LogP contribution in [0, 0.1) is 5.92 Å². The van der Waals surface area contributed by atoms with Crippen molar-refractivity contribution in [3.05, 3.63) is 0 Å². The first-order chi connectivity index (χ1) is 8.40. The molecule has 100 valence electrons. The van der Waals surface area contributed by atoms with E-state index in [9.17, 15) is 14.4 Å². The van der Waals surface area contributed by atoms with Crippen molar-refractivity contribution in [2.45, 2.75) is 36.9 Å². The minimum absolute atomic E-state index is 0.0464. The van der Waals surface area contributed by atoms with Crippen molar-refractivity contribution in [1.29, 1.82) is 0 Å². The van der Waals surface area contributed by atoms with Crippen LogP contribution in [0.25, 0.3) is 0 Å². The molecular formula is C11H14BrNO5. The Balaban J connectivity index is 2.27. The van der Waals surface area contributed by atoms with Crippen LogP contribution in [0.2, 0.25) is 0 Å². The number of esters is 2. The van der Waals surface area contributed by atoms with Gasteiger partial charge >= 0.3 is 11.9 Å². The molecule has 0 aromatic rings. The quantitative estimate of drug-likeness (QED) is 0.532. The van der Waals surface area contributed by atoms with Gasteiger partial charge in [-0.05, 0) is 0 Å². The molecule has 1 saturated carbocycles. The third-order valence-electron chi connectivity index (χ3n) is 3.50. The Bertz CT molecular complexity index is 412. The van der Waals surface area contributed by atoms with Crippen LogP contribution in [-0.2, 0) is 23.9 Å². The van der Waals surface area contributed by atoms with E-state index in [0.29, 0.717) is 0 Å². The average molecular weight is 320 g/mol. The predicted molar refractivity (Wildman–Crippen MR) is 63.9 cm³/mol. The number of amides is 1. The van der Waals surface area contributed by atoms with E-state index in [1.54, 1.807) is 0 Å². The SMILES string of the molecule is COC(=O)[C@H]1[C@H]2[C@H](Br)[C@H]([C@@H]2OC(C)=O)N1C(C)=O. The maximum atomic E-state index is 11.8. The number of hydrogen-bond donors (Lipinski definition) is 0. The Morgan fingerprint density at radius 3 is 2.28 bits per heavy atom. The number of halogens is 1. The Labute approximate surface area is 113 Å². The lowest BCUT2D eigenvalue weighted by molar-refractivity contribution is -0.156. The van der Waals surface area contributed by atoms with Crippen LogP contribution in [0.4, 0.5) is 0 Å². The molecule has 2 saturated heterocycles. The Hall–Kier alpha value is -1.11. The molecule has 0 radical (unpaired) electrons. The second-order valence-corrected chi connectivity index (χ2v) is 5.54. The van der Waals surface area contributed by atoms with Crippen LogP contribution in [0.1, 0.15) is 13.8 Å². The molecule has 2 bridgehead atoms. The summed E-state index contributed by atoms with van der Waals surface area (Å²) in [6, 6.07) is -0.966. The number of nitrogens with zero attached hydrogens (tertiary/aromatic N) is 1. The number of hydrogen-bond acceptors (Lipinski definition) is 5. The van der Waals surface area contributed by atoms with Crippen molar-refractivity contribution >= 4 is 33.8 Å². The van der Waals surface area contributed by atoms with E-state index >= 15 is 0 Å². The molecule has 1 amide bonds. The molecule has 3 rings (SSSR count). The zero-order chi connectivity index (χ0) is 13.6. The van der Waals surface area contributed by atoms with E-state index in [4.69, 9.17) is 9.47 Å². The van der Waals surface area contributed by atoms with Gasteiger partial charge < -0.3 is 14.4 Å². The number of methoxy groups -OCH3 is 1. The predicted octanol–water partition coefficient (Wildman–Crippen LogP) is 0.0837. The molecule has 1 aliphatic carbocycles. The van der Waals surface area contributed by atoms with E-state index in [1.165, 1.54) is 25.9 Å². The number of ether oxygens (including phenoxy) is 2. The van der Waals surface area contributed by atoms with Gasteiger partial charge in [0.2, 0.25) is 5.91 Å². The van der Waals surface area contributed by atoms with Gasteiger partial charge in [-0.3, -0.25) is 9.59 Å². The van der Waals surface area contributed by atoms with Crippen molar-refractivity contribution in [1.82, 2.24) is 4.90 Å². The molecule has 0 aromatic carbocycles. The number of fused-ring (bicyclic) bond motifs is 1. The van der Waals surface area contributed by atoms with E-state index in [2.05, 4.69) is 15.9 Å². The van der Waals surface area contributed by atoms with Crippen LogP contribution in [0.5, 0.6) is 0 Å². The first-order valence-corrected chi connectivity index (χ1v) is 6.49. The van der Waals surface area contributed by atoms with E-state index in [-0.39, 0.29) is 22.7 Å². The number of alkyl halides is 1. The third-order valence-corrected chi connectivity index (χ3v) is 4.66. The highest BCUT2D eigenvalue weighted by atomic mass is 79.9. The normalized spacial score (nSPS) is 36.9. The highest BCUT2D eigenvalue weighted by Gasteiger charge is 2.69. The molecule has 3 fully saturated rings. The lowest BCUT2D eigenvalue weighted by atomic mass is 9.79. The highest BCUT2D eigenvalue weighted by Crippen LogP contribution is 2.52. The average Bonchev–Trinajstić information content (AvgIpc) is 2.79. The fraction of sp³-hybridized carbons (Fsp3) is 0.727. The van der Waals surface area contributed by atoms with Crippen LogP contribution >= 0.6 is 15.9 Å². The van der Waals surface area contributed by atoms with Crippen LogP contribution in [0.3, 0.4) is 0 Å². The summed E-state index contributed by atoms with van der Waals surface area (Å²) in [7, 11) is 1.28. The Morgan fingerprint density at radius 1 is 1.22 bits per heavy atom. The summed E-state index contributed by atoms with van der Waals surface area (Å²) in [5, 5.41) is 0. The van der Waals surface area contributed by atoms with Crippen molar-refractivity contribution < 1.29 is 23.9 Å². The topological polar surface area (TPSA) is 72.9 Å². The zero-order valence-electron chi connectivity index (χ0n) is 10.3. The van der Waals surface area contributed by atoms with Gasteiger partial charge in [0, 0.05) is 24.6 Å². The van der Waals surface area contributed by atoms with E-state index < -0.39 is 24.1 Å². The molecule has 7 heteroatoms. The number of carbonyl (C=O) groups is 3. The van der Waals surface area contributed by atoms with Gasteiger partial charge in [0.05, 0.1) is 13.2 Å². The molecule has 18 heavy (non-hydrogen) atoms. The molecule has 6 nitrogen and oxygen atoms in total. The van der Waals surface area contributed by atoms with Crippen LogP contribution in [-0.4, -0.2) is 52.9 Å².